The van der Waals surface area contributed by atoms with Gasteiger partial charge in [0.2, 0.25) is 5.91 Å². The Morgan fingerprint density at radius 2 is 2.17 bits per heavy atom. The van der Waals surface area contributed by atoms with Crippen molar-refractivity contribution < 1.29 is 4.79 Å². The lowest BCUT2D eigenvalue weighted by Gasteiger charge is -2.36. The van der Waals surface area contributed by atoms with Crippen molar-refractivity contribution in [3.05, 3.63) is 0 Å². The number of amides is 1. The molecule has 1 unspecified atom stereocenters. The van der Waals surface area contributed by atoms with Gasteiger partial charge < -0.3 is 4.90 Å². The summed E-state index contributed by atoms with van der Waals surface area (Å²) < 4.78 is 0. The molecular formula is C10H19NO. The second-order valence-electron chi connectivity index (χ2n) is 3.84. The fraction of sp³-hybridized carbons (Fsp3) is 0.900. The summed E-state index contributed by atoms with van der Waals surface area (Å²) >= 11 is 0. The SMILES string of the molecule is CCC(C)C(=O)N(C)C1CCC1. The normalized spacial score (nSPS) is 19.9. The van der Waals surface area contributed by atoms with Crippen LogP contribution in [0.25, 0.3) is 0 Å². The van der Waals surface area contributed by atoms with E-state index in [4.69, 9.17) is 0 Å². The maximum Gasteiger partial charge on any atom is 0.225 e. The molecule has 0 radical (unpaired) electrons. The Bertz CT molecular complexity index is 163. The fourth-order valence-electron chi connectivity index (χ4n) is 1.48. The first-order valence-corrected chi connectivity index (χ1v) is 4.93. The maximum absolute atomic E-state index is 11.6. The monoisotopic (exact) mass is 169 g/mol. The van der Waals surface area contributed by atoms with Gasteiger partial charge in [-0.05, 0) is 25.7 Å². The third kappa shape index (κ3) is 1.79. The minimum absolute atomic E-state index is 0.204. The van der Waals surface area contributed by atoms with Crippen molar-refractivity contribution in [3.8, 4) is 0 Å². The summed E-state index contributed by atoms with van der Waals surface area (Å²) in [6.07, 6.45) is 4.66. The van der Waals surface area contributed by atoms with Crippen LogP contribution in [0.2, 0.25) is 0 Å². The number of carbonyl (C=O) groups is 1. The molecule has 12 heavy (non-hydrogen) atoms. The van der Waals surface area contributed by atoms with Crippen molar-refractivity contribution >= 4 is 5.91 Å². The van der Waals surface area contributed by atoms with E-state index in [1.165, 1.54) is 19.3 Å². The van der Waals surface area contributed by atoms with E-state index in [0.29, 0.717) is 11.9 Å². The van der Waals surface area contributed by atoms with Crippen LogP contribution in [0, 0.1) is 5.92 Å². The fourth-order valence-corrected chi connectivity index (χ4v) is 1.48. The quantitative estimate of drug-likeness (QED) is 0.633. The van der Waals surface area contributed by atoms with E-state index in [-0.39, 0.29) is 5.92 Å². The third-order valence-electron chi connectivity index (χ3n) is 3.00. The van der Waals surface area contributed by atoms with Crippen LogP contribution in [-0.4, -0.2) is 23.9 Å². The average Bonchev–Trinajstić information content (AvgIpc) is 1.98. The molecule has 70 valence electrons. The van der Waals surface area contributed by atoms with Crippen LogP contribution in [0.4, 0.5) is 0 Å². The molecule has 1 amide bonds. The van der Waals surface area contributed by atoms with Crippen molar-refractivity contribution in [1.82, 2.24) is 4.90 Å². The molecule has 0 aromatic heterocycles. The van der Waals surface area contributed by atoms with Crippen molar-refractivity contribution in [2.75, 3.05) is 7.05 Å². The van der Waals surface area contributed by atoms with Gasteiger partial charge in [0.05, 0.1) is 0 Å². The van der Waals surface area contributed by atoms with Crippen molar-refractivity contribution in [2.45, 2.75) is 45.6 Å². The minimum Gasteiger partial charge on any atom is -0.343 e. The zero-order valence-electron chi connectivity index (χ0n) is 8.34. The Morgan fingerprint density at radius 1 is 1.58 bits per heavy atom. The smallest absolute Gasteiger partial charge is 0.225 e. The molecule has 1 saturated carbocycles. The molecular weight excluding hydrogens is 150 g/mol. The largest absolute Gasteiger partial charge is 0.343 e. The Kier molecular flexibility index (Phi) is 3.12. The highest BCUT2D eigenvalue weighted by atomic mass is 16.2. The zero-order valence-corrected chi connectivity index (χ0v) is 8.34. The Balaban J connectivity index is 2.39. The Labute approximate surface area is 74.9 Å². The van der Waals surface area contributed by atoms with Crippen molar-refractivity contribution in [1.29, 1.82) is 0 Å². The molecule has 0 bridgehead atoms. The molecule has 1 fully saturated rings. The van der Waals surface area contributed by atoms with Crippen LogP contribution in [0.3, 0.4) is 0 Å². The lowest BCUT2D eigenvalue weighted by Crippen LogP contribution is -2.43. The highest BCUT2D eigenvalue weighted by Gasteiger charge is 2.27. The van der Waals surface area contributed by atoms with Crippen LogP contribution in [0.1, 0.15) is 39.5 Å². The molecule has 0 spiro atoms. The van der Waals surface area contributed by atoms with E-state index in [1.54, 1.807) is 0 Å². The molecule has 1 aliphatic rings. The summed E-state index contributed by atoms with van der Waals surface area (Å²) in [6, 6.07) is 0.548. The summed E-state index contributed by atoms with van der Waals surface area (Å²) in [5.74, 6) is 0.526. The number of rotatable bonds is 3. The highest BCUT2D eigenvalue weighted by molar-refractivity contribution is 5.78. The summed E-state index contributed by atoms with van der Waals surface area (Å²) in [5.41, 5.74) is 0. The number of hydrogen-bond donors (Lipinski definition) is 0. The molecule has 0 aromatic carbocycles. The van der Waals surface area contributed by atoms with E-state index >= 15 is 0 Å². The van der Waals surface area contributed by atoms with Crippen LogP contribution in [0.15, 0.2) is 0 Å². The molecule has 0 heterocycles. The second kappa shape index (κ2) is 3.92. The second-order valence-corrected chi connectivity index (χ2v) is 3.84. The van der Waals surface area contributed by atoms with Crippen molar-refractivity contribution in [3.63, 3.8) is 0 Å². The van der Waals surface area contributed by atoms with E-state index in [9.17, 15) is 4.79 Å². The van der Waals surface area contributed by atoms with Gasteiger partial charge in [0, 0.05) is 19.0 Å². The van der Waals surface area contributed by atoms with E-state index in [2.05, 4.69) is 6.92 Å². The maximum atomic E-state index is 11.6. The molecule has 0 aliphatic heterocycles. The number of carbonyl (C=O) groups excluding carboxylic acids is 1. The van der Waals surface area contributed by atoms with Gasteiger partial charge in [-0.1, -0.05) is 13.8 Å². The summed E-state index contributed by atoms with van der Waals surface area (Å²) in [7, 11) is 1.94. The first kappa shape index (κ1) is 9.56. The Morgan fingerprint density at radius 3 is 2.50 bits per heavy atom. The van der Waals surface area contributed by atoms with Gasteiger partial charge in [0.15, 0.2) is 0 Å². The lowest BCUT2D eigenvalue weighted by molar-refractivity contribution is -0.137. The topological polar surface area (TPSA) is 20.3 Å². The van der Waals surface area contributed by atoms with Gasteiger partial charge >= 0.3 is 0 Å². The molecule has 0 aromatic rings. The molecule has 2 heteroatoms. The van der Waals surface area contributed by atoms with Gasteiger partial charge in [0.1, 0.15) is 0 Å². The van der Waals surface area contributed by atoms with Crippen LogP contribution >= 0.6 is 0 Å². The first-order valence-electron chi connectivity index (χ1n) is 4.93. The van der Waals surface area contributed by atoms with Crippen LogP contribution < -0.4 is 0 Å². The summed E-state index contributed by atoms with van der Waals surface area (Å²) in [5, 5.41) is 0. The van der Waals surface area contributed by atoms with Gasteiger partial charge in [-0.25, -0.2) is 0 Å². The van der Waals surface area contributed by atoms with Gasteiger partial charge in [0.25, 0.3) is 0 Å². The average molecular weight is 169 g/mol. The van der Waals surface area contributed by atoms with Gasteiger partial charge in [-0.2, -0.15) is 0 Å². The third-order valence-corrected chi connectivity index (χ3v) is 3.00. The van der Waals surface area contributed by atoms with Crippen molar-refractivity contribution in [2.24, 2.45) is 5.92 Å². The van der Waals surface area contributed by atoms with E-state index < -0.39 is 0 Å². The van der Waals surface area contributed by atoms with E-state index in [1.807, 2.05) is 18.9 Å². The molecule has 0 N–H and O–H groups in total. The van der Waals surface area contributed by atoms with E-state index in [0.717, 1.165) is 6.42 Å². The standard InChI is InChI=1S/C10H19NO/c1-4-8(2)10(12)11(3)9-6-5-7-9/h8-9H,4-7H2,1-3H3. The predicted molar refractivity (Wildman–Crippen MR) is 49.9 cm³/mol. The summed E-state index contributed by atoms with van der Waals surface area (Å²) in [6.45, 7) is 4.08. The number of hydrogen-bond acceptors (Lipinski definition) is 1. The lowest BCUT2D eigenvalue weighted by atomic mass is 9.91. The predicted octanol–water partition coefficient (Wildman–Crippen LogP) is 2.04. The Hall–Kier alpha value is -0.530. The van der Waals surface area contributed by atoms with Gasteiger partial charge in [-0.3, -0.25) is 4.79 Å². The summed E-state index contributed by atoms with van der Waals surface area (Å²) in [4.78, 5) is 13.6. The zero-order chi connectivity index (χ0) is 9.14. The van der Waals surface area contributed by atoms with Gasteiger partial charge in [-0.15, -0.1) is 0 Å². The molecule has 1 aliphatic carbocycles. The minimum atomic E-state index is 0.204. The number of nitrogens with zero attached hydrogens (tertiary/aromatic N) is 1. The molecule has 2 nitrogen and oxygen atoms in total. The van der Waals surface area contributed by atoms with Crippen LogP contribution in [-0.2, 0) is 4.79 Å². The first-order chi connectivity index (χ1) is 5.66. The van der Waals surface area contributed by atoms with Crippen LogP contribution in [0.5, 0.6) is 0 Å². The molecule has 1 atom stereocenters. The molecule has 1 rings (SSSR count). The molecule has 0 saturated heterocycles. The highest BCUT2D eigenvalue weighted by Crippen LogP contribution is 2.24.